The summed E-state index contributed by atoms with van der Waals surface area (Å²) in [6, 6.07) is 20.5. The van der Waals surface area contributed by atoms with E-state index in [-0.39, 0.29) is 61.2 Å². The topological polar surface area (TPSA) is 91.3 Å². The second-order valence-electron chi connectivity index (χ2n) is 12.3. The molecule has 2 saturated heterocycles. The predicted octanol–water partition coefficient (Wildman–Crippen LogP) is 4.22. The number of rotatable bonds is 11. The highest BCUT2D eigenvalue weighted by Crippen LogP contribution is 2.42. The first-order valence-corrected chi connectivity index (χ1v) is 15.8. The largest absolute Gasteiger partial charge is 0.481 e. The summed E-state index contributed by atoms with van der Waals surface area (Å²) in [5.41, 5.74) is 2.69. The number of hydrogen-bond donors (Lipinski definition) is 1. The maximum atomic E-state index is 13.3. The van der Waals surface area contributed by atoms with Crippen LogP contribution in [0.25, 0.3) is 0 Å². The third-order valence-electron chi connectivity index (χ3n) is 9.09. The Hall–Kier alpha value is -3.74. The maximum absolute atomic E-state index is 13.3. The average molecular weight is 640 g/mol. The summed E-state index contributed by atoms with van der Waals surface area (Å²) in [7, 11) is 1.46. The molecular weight excluding hydrogens is 599 g/mol. The summed E-state index contributed by atoms with van der Waals surface area (Å²) in [6.45, 7) is 1.40. The van der Waals surface area contributed by atoms with Gasteiger partial charge in [0.25, 0.3) is 0 Å². The van der Waals surface area contributed by atoms with Crippen molar-refractivity contribution in [2.45, 2.75) is 55.9 Å². The molecule has 46 heavy (non-hydrogen) atoms. The van der Waals surface area contributed by atoms with Crippen molar-refractivity contribution in [2.24, 2.45) is 0 Å². The molecule has 1 saturated carbocycles. The lowest BCUT2D eigenvalue weighted by Crippen LogP contribution is -2.67. The molecule has 1 amide bonds. The highest BCUT2D eigenvalue weighted by Gasteiger charge is 2.43. The molecule has 3 fully saturated rings. The Morgan fingerprint density at radius 3 is 2.20 bits per heavy atom. The summed E-state index contributed by atoms with van der Waals surface area (Å²) in [4.78, 5) is 28.4. The number of piperazine rings is 2. The third-order valence-corrected chi connectivity index (χ3v) is 9.09. The van der Waals surface area contributed by atoms with Gasteiger partial charge in [0.1, 0.15) is 5.82 Å². The normalized spacial score (nSPS) is 20.9. The van der Waals surface area contributed by atoms with Crippen LogP contribution in [0.15, 0.2) is 60.7 Å². The van der Waals surface area contributed by atoms with Crippen molar-refractivity contribution in [3.63, 3.8) is 0 Å². The number of methoxy groups -OCH3 is 1. The zero-order valence-electron chi connectivity index (χ0n) is 25.9. The van der Waals surface area contributed by atoms with E-state index in [1.165, 1.54) is 7.11 Å². The van der Waals surface area contributed by atoms with Gasteiger partial charge in [0.05, 0.1) is 19.3 Å². The van der Waals surface area contributed by atoms with E-state index in [1.807, 2.05) is 41.3 Å². The maximum Gasteiger partial charge on any atom is 0.422 e. The molecule has 3 aliphatic rings. The van der Waals surface area contributed by atoms with Crippen LogP contribution in [0, 0.1) is 0 Å². The molecule has 3 aromatic rings. The van der Waals surface area contributed by atoms with Crippen molar-refractivity contribution in [1.82, 2.24) is 24.7 Å². The number of carbonyl (C=O) groups is 1. The van der Waals surface area contributed by atoms with Gasteiger partial charge in [-0.15, -0.1) is 0 Å². The standard InChI is InChI=1S/C34H40F3N5O4/c1-45-32-27(33(46-22-34(35,36)37)39-31(38-32)25-12-13-25)20-40-18-26-19-41(29(44)14-17-43)15-16-42(26)28(21-40)30(23-8-4-2-5-9-23)24-10-6-3-7-11-24/h2-11,25-26,28,30,43H,12-22H2,1H3/t26-,28+/m1/s1. The Balaban J connectivity index is 1.37. The number of nitrogens with zero attached hydrogens (tertiary/aromatic N) is 5. The number of alkyl halides is 3. The van der Waals surface area contributed by atoms with E-state index in [1.54, 1.807) is 0 Å². The molecule has 2 aromatic carbocycles. The number of halogens is 3. The highest BCUT2D eigenvalue weighted by molar-refractivity contribution is 5.76. The second-order valence-corrected chi connectivity index (χ2v) is 12.3. The van der Waals surface area contributed by atoms with E-state index in [0.717, 1.165) is 24.0 Å². The molecule has 246 valence electrons. The second kappa shape index (κ2) is 13.9. The summed E-state index contributed by atoms with van der Waals surface area (Å²) in [5, 5.41) is 9.43. The zero-order chi connectivity index (χ0) is 32.3. The molecule has 2 aliphatic heterocycles. The quantitative estimate of drug-likeness (QED) is 0.334. The predicted molar refractivity (Wildman–Crippen MR) is 165 cm³/mol. The van der Waals surface area contributed by atoms with E-state index in [0.29, 0.717) is 44.1 Å². The molecule has 12 heteroatoms. The van der Waals surface area contributed by atoms with E-state index < -0.39 is 12.8 Å². The van der Waals surface area contributed by atoms with Gasteiger partial charge >= 0.3 is 6.18 Å². The number of amides is 1. The molecular formula is C34H40F3N5O4. The summed E-state index contributed by atoms with van der Waals surface area (Å²) in [5.74, 6) is 0.552. The number of benzene rings is 2. The van der Waals surface area contributed by atoms with Gasteiger partial charge in [0, 0.05) is 69.6 Å². The van der Waals surface area contributed by atoms with Crippen molar-refractivity contribution >= 4 is 5.91 Å². The molecule has 0 radical (unpaired) electrons. The number of aromatic nitrogens is 2. The first kappa shape index (κ1) is 32.2. The number of hydrogen-bond acceptors (Lipinski definition) is 8. The van der Waals surface area contributed by atoms with Crippen LogP contribution in [0.5, 0.6) is 11.8 Å². The minimum atomic E-state index is -4.53. The molecule has 0 spiro atoms. The van der Waals surface area contributed by atoms with Crippen LogP contribution in [0.3, 0.4) is 0 Å². The van der Waals surface area contributed by atoms with Gasteiger partial charge in [-0.1, -0.05) is 60.7 Å². The molecule has 1 N–H and O–H groups in total. The average Bonchev–Trinajstić information content (AvgIpc) is 3.91. The summed E-state index contributed by atoms with van der Waals surface area (Å²) < 4.78 is 51.0. The number of aliphatic hydroxyl groups is 1. The molecule has 2 atom stereocenters. The Morgan fingerprint density at radius 2 is 1.61 bits per heavy atom. The lowest BCUT2D eigenvalue weighted by atomic mass is 9.81. The van der Waals surface area contributed by atoms with Gasteiger partial charge in [0.15, 0.2) is 6.61 Å². The van der Waals surface area contributed by atoms with Crippen LogP contribution < -0.4 is 9.47 Å². The van der Waals surface area contributed by atoms with Crippen LogP contribution in [0.1, 0.15) is 53.6 Å². The molecule has 9 nitrogen and oxygen atoms in total. The van der Waals surface area contributed by atoms with E-state index >= 15 is 0 Å². The Bertz CT molecular complexity index is 1440. The van der Waals surface area contributed by atoms with Crippen molar-refractivity contribution in [3.8, 4) is 11.8 Å². The van der Waals surface area contributed by atoms with Gasteiger partial charge in [-0.25, -0.2) is 0 Å². The first-order chi connectivity index (χ1) is 22.2. The Labute approximate surface area is 266 Å². The van der Waals surface area contributed by atoms with Gasteiger partial charge in [-0.2, -0.15) is 23.1 Å². The molecule has 1 aromatic heterocycles. The number of aliphatic hydroxyl groups excluding tert-OH is 1. The fourth-order valence-electron chi connectivity index (χ4n) is 6.86. The van der Waals surface area contributed by atoms with Crippen molar-refractivity contribution in [2.75, 3.05) is 53.0 Å². The van der Waals surface area contributed by atoms with Crippen LogP contribution in [0.4, 0.5) is 13.2 Å². The number of fused-ring (bicyclic) bond motifs is 1. The van der Waals surface area contributed by atoms with Gasteiger partial charge in [0.2, 0.25) is 17.7 Å². The fraction of sp³-hybridized carbons (Fsp3) is 0.500. The van der Waals surface area contributed by atoms with Crippen LogP contribution in [-0.2, 0) is 11.3 Å². The minimum absolute atomic E-state index is 0.0104. The highest BCUT2D eigenvalue weighted by atomic mass is 19.4. The lowest BCUT2D eigenvalue weighted by Gasteiger charge is -2.53. The van der Waals surface area contributed by atoms with Crippen LogP contribution >= 0.6 is 0 Å². The van der Waals surface area contributed by atoms with Gasteiger partial charge in [-0.3, -0.25) is 14.6 Å². The molecule has 1 aliphatic carbocycles. The van der Waals surface area contributed by atoms with E-state index in [2.05, 4.69) is 44.0 Å². The first-order valence-electron chi connectivity index (χ1n) is 15.8. The molecule has 6 rings (SSSR count). The van der Waals surface area contributed by atoms with Crippen molar-refractivity contribution in [3.05, 3.63) is 83.2 Å². The van der Waals surface area contributed by atoms with Crippen LogP contribution in [-0.4, -0.2) is 107 Å². The monoisotopic (exact) mass is 639 g/mol. The smallest absolute Gasteiger partial charge is 0.422 e. The number of carbonyl (C=O) groups excluding carboxylic acids is 1. The zero-order valence-corrected chi connectivity index (χ0v) is 25.9. The SMILES string of the molecule is COc1nc(C2CC2)nc(OCC(F)(F)F)c1CN1C[C@@H]2CN(C(=O)CCO)CCN2[C@H](C(c2ccccc2)c2ccccc2)C1. The van der Waals surface area contributed by atoms with E-state index in [4.69, 9.17) is 9.47 Å². The summed E-state index contributed by atoms with van der Waals surface area (Å²) in [6.07, 6.45) is -2.72. The lowest BCUT2D eigenvalue weighted by molar-refractivity contribution is -0.154. The Kier molecular flexibility index (Phi) is 9.76. The number of ether oxygens (including phenoxy) is 2. The van der Waals surface area contributed by atoms with Gasteiger partial charge in [-0.05, 0) is 24.0 Å². The van der Waals surface area contributed by atoms with Crippen molar-refractivity contribution in [1.29, 1.82) is 0 Å². The van der Waals surface area contributed by atoms with Gasteiger partial charge < -0.3 is 19.5 Å². The fourth-order valence-corrected chi connectivity index (χ4v) is 6.86. The third kappa shape index (κ3) is 7.45. The summed E-state index contributed by atoms with van der Waals surface area (Å²) >= 11 is 0. The van der Waals surface area contributed by atoms with Crippen molar-refractivity contribution < 1.29 is 32.5 Å². The Morgan fingerprint density at radius 1 is 0.957 bits per heavy atom. The van der Waals surface area contributed by atoms with Crippen LogP contribution in [0.2, 0.25) is 0 Å². The molecule has 3 heterocycles. The minimum Gasteiger partial charge on any atom is -0.481 e. The molecule has 0 bridgehead atoms. The van der Waals surface area contributed by atoms with E-state index in [9.17, 15) is 23.1 Å². The molecule has 0 unspecified atom stereocenters.